The van der Waals surface area contributed by atoms with Crippen molar-refractivity contribution in [1.82, 2.24) is 15.1 Å². The van der Waals surface area contributed by atoms with Crippen molar-refractivity contribution in [2.75, 3.05) is 38.1 Å². The molecule has 1 N–H and O–H groups in total. The highest BCUT2D eigenvalue weighted by Crippen LogP contribution is 2.18. The summed E-state index contributed by atoms with van der Waals surface area (Å²) in [6.45, 7) is 5.31. The fourth-order valence-corrected chi connectivity index (χ4v) is 3.97. The van der Waals surface area contributed by atoms with Crippen molar-refractivity contribution in [3.8, 4) is 0 Å². The van der Waals surface area contributed by atoms with E-state index < -0.39 is 23.6 Å². The van der Waals surface area contributed by atoms with Crippen molar-refractivity contribution >= 4 is 41.1 Å². The summed E-state index contributed by atoms with van der Waals surface area (Å²) < 4.78 is 5.33. The van der Waals surface area contributed by atoms with E-state index in [0.29, 0.717) is 10.7 Å². The van der Waals surface area contributed by atoms with Crippen LogP contribution in [-0.2, 0) is 25.5 Å². The number of hydrogen-bond donors (Lipinski definition) is 1. The second-order valence-corrected chi connectivity index (χ2v) is 10.3. The number of rotatable bonds is 7. The molecule has 2 aromatic rings. The lowest BCUT2D eigenvalue weighted by atomic mass is 10.0. The van der Waals surface area contributed by atoms with Gasteiger partial charge in [0.25, 0.3) is 0 Å². The molecule has 9 nitrogen and oxygen atoms in total. The maximum absolute atomic E-state index is 13.4. The normalized spacial score (nSPS) is 14.7. The number of nitrogens with zero attached hydrogens (tertiary/aromatic N) is 3. The summed E-state index contributed by atoms with van der Waals surface area (Å²) in [6.07, 6.45) is -0.285. The molecule has 0 unspecified atom stereocenters. The van der Waals surface area contributed by atoms with Crippen molar-refractivity contribution in [3.05, 3.63) is 65.2 Å². The minimum Gasteiger partial charge on any atom is -0.444 e. The van der Waals surface area contributed by atoms with E-state index in [0.717, 1.165) is 5.56 Å². The van der Waals surface area contributed by atoms with Crippen LogP contribution in [0.15, 0.2) is 54.6 Å². The molecule has 1 aliphatic heterocycles. The van der Waals surface area contributed by atoms with Gasteiger partial charge in [-0.15, -0.1) is 0 Å². The summed E-state index contributed by atoms with van der Waals surface area (Å²) in [7, 11) is 1.63. The molecule has 1 aliphatic rings. The molecule has 0 spiro atoms. The smallest absolute Gasteiger partial charge is 0.410 e. The topological polar surface area (TPSA) is 99.3 Å². The van der Waals surface area contributed by atoms with E-state index in [1.807, 2.05) is 30.3 Å². The first-order valence-electron chi connectivity index (χ1n) is 12.0. The molecule has 1 saturated heterocycles. The Hall–Kier alpha value is -3.59. The molecular formula is C27H33ClN4O5. The molecular weight excluding hydrogens is 496 g/mol. The average molecular weight is 529 g/mol. The number of carbonyl (C=O) groups excluding carboxylic acids is 4. The highest BCUT2D eigenvalue weighted by Gasteiger charge is 2.32. The maximum Gasteiger partial charge on any atom is 0.410 e. The van der Waals surface area contributed by atoms with Crippen molar-refractivity contribution in [2.45, 2.75) is 38.8 Å². The van der Waals surface area contributed by atoms with Gasteiger partial charge in [0.05, 0.1) is 6.54 Å². The molecule has 1 atom stereocenters. The number of carbonyl (C=O) groups is 4. The zero-order valence-electron chi connectivity index (χ0n) is 21.6. The Bertz CT molecular complexity index is 1120. The Morgan fingerprint density at radius 1 is 1.05 bits per heavy atom. The van der Waals surface area contributed by atoms with Crippen molar-refractivity contribution < 1.29 is 23.9 Å². The highest BCUT2D eigenvalue weighted by molar-refractivity contribution is 6.30. The van der Waals surface area contributed by atoms with Crippen LogP contribution >= 0.6 is 11.6 Å². The van der Waals surface area contributed by atoms with Gasteiger partial charge < -0.3 is 19.9 Å². The maximum atomic E-state index is 13.4. The fraction of sp³-hybridized carbons (Fsp3) is 0.407. The van der Waals surface area contributed by atoms with Gasteiger partial charge in [0.1, 0.15) is 18.2 Å². The summed E-state index contributed by atoms with van der Waals surface area (Å²) in [4.78, 5) is 55.5. The van der Waals surface area contributed by atoms with Gasteiger partial charge >= 0.3 is 6.09 Å². The molecule has 198 valence electrons. The zero-order chi connectivity index (χ0) is 27.2. The first-order valence-corrected chi connectivity index (χ1v) is 12.4. The van der Waals surface area contributed by atoms with Gasteiger partial charge in [-0.2, -0.15) is 0 Å². The number of hydrogen-bond acceptors (Lipinski definition) is 5. The number of likely N-dealkylation sites (N-methyl/N-ethyl adjacent to an activating group) is 1. The number of anilines is 1. The molecule has 10 heteroatoms. The number of halogens is 1. The lowest BCUT2D eigenvalue weighted by Crippen LogP contribution is -2.56. The van der Waals surface area contributed by atoms with Crippen LogP contribution in [-0.4, -0.2) is 78.5 Å². The van der Waals surface area contributed by atoms with Crippen LogP contribution in [0.2, 0.25) is 5.02 Å². The minimum absolute atomic E-state index is 0.173. The molecule has 0 aliphatic carbocycles. The Morgan fingerprint density at radius 2 is 1.70 bits per heavy atom. The number of benzene rings is 2. The molecule has 2 aromatic carbocycles. The molecule has 1 fully saturated rings. The molecule has 0 aromatic heterocycles. The van der Waals surface area contributed by atoms with Crippen LogP contribution in [0.25, 0.3) is 0 Å². The van der Waals surface area contributed by atoms with E-state index in [-0.39, 0.29) is 44.4 Å². The third-order valence-electron chi connectivity index (χ3n) is 5.77. The summed E-state index contributed by atoms with van der Waals surface area (Å²) >= 11 is 5.97. The van der Waals surface area contributed by atoms with E-state index in [9.17, 15) is 19.2 Å². The summed E-state index contributed by atoms with van der Waals surface area (Å²) in [6, 6.07) is 15.4. The van der Waals surface area contributed by atoms with Gasteiger partial charge in [-0.05, 0) is 50.6 Å². The minimum atomic E-state index is -0.853. The SMILES string of the molecule is CN(C(=O)[C@H](Cc1ccccc1)NC(=O)CN1CCN(C(=O)OC(C)(C)C)CC1=O)c1ccc(Cl)cc1. The van der Waals surface area contributed by atoms with Crippen molar-refractivity contribution in [3.63, 3.8) is 0 Å². The first-order chi connectivity index (χ1) is 17.4. The summed E-state index contributed by atoms with van der Waals surface area (Å²) in [5.74, 6) is -1.13. The number of amides is 4. The van der Waals surface area contributed by atoms with Crippen LogP contribution in [0.4, 0.5) is 10.5 Å². The lowest BCUT2D eigenvalue weighted by molar-refractivity contribution is -0.140. The predicted molar refractivity (Wildman–Crippen MR) is 141 cm³/mol. The van der Waals surface area contributed by atoms with Gasteiger partial charge in [-0.25, -0.2) is 4.79 Å². The third kappa shape index (κ3) is 8.21. The fourth-order valence-electron chi connectivity index (χ4n) is 3.85. The second-order valence-electron chi connectivity index (χ2n) is 9.90. The Balaban J connectivity index is 1.65. The largest absolute Gasteiger partial charge is 0.444 e. The van der Waals surface area contributed by atoms with Gasteiger partial charge in [-0.1, -0.05) is 41.9 Å². The van der Waals surface area contributed by atoms with Crippen LogP contribution in [0, 0.1) is 0 Å². The summed E-state index contributed by atoms with van der Waals surface area (Å²) in [5.41, 5.74) is 0.847. The van der Waals surface area contributed by atoms with Gasteiger partial charge in [0.2, 0.25) is 17.7 Å². The Kier molecular flexibility index (Phi) is 9.15. The second kappa shape index (κ2) is 12.1. The molecule has 3 rings (SSSR count). The number of piperazine rings is 1. The highest BCUT2D eigenvalue weighted by atomic mass is 35.5. The molecule has 37 heavy (non-hydrogen) atoms. The quantitative estimate of drug-likeness (QED) is 0.595. The van der Waals surface area contributed by atoms with Crippen LogP contribution in [0.5, 0.6) is 0 Å². The monoisotopic (exact) mass is 528 g/mol. The summed E-state index contributed by atoms with van der Waals surface area (Å²) in [5, 5.41) is 3.36. The van der Waals surface area contributed by atoms with E-state index in [1.54, 1.807) is 52.1 Å². The zero-order valence-corrected chi connectivity index (χ0v) is 22.3. The van der Waals surface area contributed by atoms with Crippen molar-refractivity contribution in [1.29, 1.82) is 0 Å². The third-order valence-corrected chi connectivity index (χ3v) is 6.02. The molecule has 4 amide bonds. The van der Waals surface area contributed by atoms with E-state index in [2.05, 4.69) is 5.32 Å². The molecule has 0 radical (unpaired) electrons. The first kappa shape index (κ1) is 28.0. The van der Waals surface area contributed by atoms with Crippen molar-refractivity contribution in [2.24, 2.45) is 0 Å². The van der Waals surface area contributed by atoms with Gasteiger partial charge in [-0.3, -0.25) is 19.3 Å². The predicted octanol–water partition coefficient (Wildman–Crippen LogP) is 3.11. The molecule has 1 heterocycles. The Morgan fingerprint density at radius 3 is 2.30 bits per heavy atom. The van der Waals surface area contributed by atoms with Crippen LogP contribution in [0.3, 0.4) is 0 Å². The van der Waals surface area contributed by atoms with E-state index in [1.165, 1.54) is 14.7 Å². The Labute approximate surface area is 222 Å². The van der Waals surface area contributed by atoms with Crippen LogP contribution in [0.1, 0.15) is 26.3 Å². The number of ether oxygens (including phenoxy) is 1. The average Bonchev–Trinajstić information content (AvgIpc) is 2.84. The van der Waals surface area contributed by atoms with Gasteiger partial charge in [0, 0.05) is 37.3 Å². The molecule has 0 saturated carbocycles. The van der Waals surface area contributed by atoms with Crippen LogP contribution < -0.4 is 10.2 Å². The lowest BCUT2D eigenvalue weighted by Gasteiger charge is -2.35. The number of nitrogens with one attached hydrogen (secondary N) is 1. The van der Waals surface area contributed by atoms with E-state index >= 15 is 0 Å². The van der Waals surface area contributed by atoms with Gasteiger partial charge in [0.15, 0.2) is 0 Å². The van der Waals surface area contributed by atoms with E-state index in [4.69, 9.17) is 16.3 Å². The molecule has 0 bridgehead atoms. The standard InChI is InChI=1S/C27H33ClN4O5/c1-27(2,3)37-26(36)32-15-14-31(24(34)18-32)17-23(33)29-22(16-19-8-6-5-7-9-19)25(35)30(4)21-12-10-20(28)11-13-21/h5-13,22H,14-18H2,1-4H3,(H,29,33)/t22-/m0/s1.